The van der Waals surface area contributed by atoms with Crippen LogP contribution in [-0.4, -0.2) is 37.2 Å². The van der Waals surface area contributed by atoms with Gasteiger partial charge in [-0.05, 0) is 0 Å². The van der Waals surface area contributed by atoms with Gasteiger partial charge in [-0.1, -0.05) is 0 Å². The molecule has 0 radical (unpaired) electrons. The Morgan fingerprint density at radius 2 is 1.68 bits per heavy atom. The van der Waals surface area contributed by atoms with Crippen LogP contribution in [-0.2, 0) is 16.0 Å². The first-order valence-electron chi connectivity index (χ1n) is 7.28. The molecule has 3 nitrogen and oxygen atoms in total. The molecular weight excluding hydrogens is 341 g/mol. The van der Waals surface area contributed by atoms with Crippen LogP contribution in [0.1, 0.15) is 24.2 Å². The van der Waals surface area contributed by atoms with Crippen molar-refractivity contribution in [2.45, 2.75) is 25.5 Å². The third-order valence-electron chi connectivity index (χ3n) is 3.86. The maximum atomic E-state index is 12.6. The molecule has 0 unspecified atom stereocenters. The Bertz CT molecular complexity index is 672. The Labute approximate surface area is 138 Å². The average Bonchev–Trinajstić information content (AvgIpc) is 2.84. The Morgan fingerprint density at radius 3 is 2.32 bits per heavy atom. The summed E-state index contributed by atoms with van der Waals surface area (Å²) in [5.41, 5.74) is 2.09. The molecule has 4 heteroatoms. The average molecular weight is 358 g/mol. The third-order valence-corrected chi connectivity index (χ3v) is 4.48. The van der Waals surface area contributed by atoms with Gasteiger partial charge in [-0.3, -0.25) is 0 Å². The summed E-state index contributed by atoms with van der Waals surface area (Å²) in [6, 6.07) is 19.7. The zero-order valence-electron chi connectivity index (χ0n) is 12.3. The van der Waals surface area contributed by atoms with Crippen LogP contribution < -0.4 is 0 Å². The molecule has 0 saturated carbocycles. The first kappa shape index (κ1) is 15.0. The number of benzene rings is 2. The predicted octanol–water partition coefficient (Wildman–Crippen LogP) is 2.47. The van der Waals surface area contributed by atoms with E-state index in [-0.39, 0.29) is 18.1 Å². The Hall–Kier alpha value is -1.90. The molecule has 1 amide bonds. The summed E-state index contributed by atoms with van der Waals surface area (Å²) in [6.07, 6.45) is 0.249. The van der Waals surface area contributed by atoms with Crippen LogP contribution in [0, 0.1) is 0 Å². The molecule has 0 aromatic heterocycles. The van der Waals surface area contributed by atoms with Crippen molar-refractivity contribution in [3.05, 3.63) is 71.8 Å². The fourth-order valence-electron chi connectivity index (χ4n) is 2.74. The predicted molar refractivity (Wildman–Crippen MR) is 87.5 cm³/mol. The van der Waals surface area contributed by atoms with Gasteiger partial charge in [-0.25, -0.2) is 0 Å². The van der Waals surface area contributed by atoms with Crippen molar-refractivity contribution < 1.29 is 9.53 Å². The van der Waals surface area contributed by atoms with Crippen LogP contribution >= 0.6 is 0 Å². The van der Waals surface area contributed by atoms with Gasteiger partial charge in [0.1, 0.15) is 0 Å². The number of carbonyl (C=O) groups is 1. The monoisotopic (exact) mass is 359 g/mol. The molecule has 112 valence electrons. The topological polar surface area (TPSA) is 29.5 Å². The van der Waals surface area contributed by atoms with E-state index in [0.717, 1.165) is 11.1 Å². The molecule has 2 aromatic carbocycles. The molecule has 0 spiro atoms. The fraction of sp³-hybridized carbons (Fsp3) is 0.222. The van der Waals surface area contributed by atoms with Crippen LogP contribution in [0.2, 0.25) is 0 Å². The zero-order chi connectivity index (χ0) is 15.5. The van der Waals surface area contributed by atoms with E-state index in [1.54, 1.807) is 4.90 Å². The van der Waals surface area contributed by atoms with Gasteiger partial charge in [0.25, 0.3) is 0 Å². The number of hydrogen-bond donors (Lipinski definition) is 0. The van der Waals surface area contributed by atoms with Crippen molar-refractivity contribution in [3.63, 3.8) is 0 Å². The Morgan fingerprint density at radius 1 is 1.09 bits per heavy atom. The van der Waals surface area contributed by atoms with E-state index in [2.05, 4.69) is 15.6 Å². The van der Waals surface area contributed by atoms with Crippen LogP contribution in [0.15, 0.2) is 60.7 Å². The molecule has 2 atom stereocenters. The molecule has 3 rings (SSSR count). The van der Waals surface area contributed by atoms with Gasteiger partial charge < -0.3 is 0 Å². The summed E-state index contributed by atoms with van der Waals surface area (Å²) in [5, 5.41) is 0. The van der Waals surface area contributed by atoms with Crippen LogP contribution in [0.5, 0.6) is 0 Å². The normalized spacial score (nSPS) is 20.8. The van der Waals surface area contributed by atoms with Gasteiger partial charge in [0.2, 0.25) is 0 Å². The molecule has 0 aliphatic carbocycles. The number of hydrogen-bond acceptors (Lipinski definition) is 2. The molecule has 1 aliphatic rings. The standard InChI is InChI=1S/C18H17NO2Se/c1-13-17(15-10-6-3-7-11-15)21-18(22)19(13)16(20)12-14-8-4-2-5-9-14/h2-11,13,17H,12H2,1H3/t13-,17-/m1/s1. The molecule has 1 aliphatic heterocycles. The summed E-state index contributed by atoms with van der Waals surface area (Å²) < 4.78 is 6.45. The van der Waals surface area contributed by atoms with Gasteiger partial charge in [0.15, 0.2) is 0 Å². The molecule has 0 bridgehead atoms. The first-order chi connectivity index (χ1) is 10.7. The second-order valence-corrected chi connectivity index (χ2v) is 6.11. The maximum absolute atomic E-state index is 12.6. The van der Waals surface area contributed by atoms with Crippen molar-refractivity contribution in [2.75, 3.05) is 0 Å². The summed E-state index contributed by atoms with van der Waals surface area (Å²) in [4.78, 5) is 14.3. The summed E-state index contributed by atoms with van der Waals surface area (Å²) in [5.74, 6) is 0.0471. The SMILES string of the molecule is C[C@@H]1[C@H](c2ccccc2)OC(=[Se])N1C(=O)Cc1ccccc1. The van der Waals surface area contributed by atoms with E-state index >= 15 is 0 Å². The summed E-state index contributed by atoms with van der Waals surface area (Å²) >= 11 is 2.89. The molecule has 2 aromatic rings. The minimum atomic E-state index is -0.128. The fourth-order valence-corrected chi connectivity index (χ4v) is 3.52. The van der Waals surface area contributed by atoms with Crippen molar-refractivity contribution in [3.8, 4) is 0 Å². The van der Waals surface area contributed by atoms with E-state index in [9.17, 15) is 4.79 Å². The Balaban J connectivity index is 1.77. The molecule has 1 saturated heterocycles. The van der Waals surface area contributed by atoms with Gasteiger partial charge in [0, 0.05) is 0 Å². The van der Waals surface area contributed by atoms with Gasteiger partial charge in [0.05, 0.1) is 0 Å². The van der Waals surface area contributed by atoms with Gasteiger partial charge in [-0.15, -0.1) is 0 Å². The zero-order valence-corrected chi connectivity index (χ0v) is 14.0. The van der Waals surface area contributed by atoms with Crippen molar-refractivity contribution in [1.29, 1.82) is 0 Å². The van der Waals surface area contributed by atoms with Gasteiger partial charge >= 0.3 is 138 Å². The van der Waals surface area contributed by atoms with E-state index < -0.39 is 0 Å². The molecule has 1 fully saturated rings. The number of rotatable bonds is 3. The molecule has 22 heavy (non-hydrogen) atoms. The number of nitrogens with zero attached hydrogens (tertiary/aromatic N) is 1. The minimum absolute atomic E-state index is 0.0325. The van der Waals surface area contributed by atoms with E-state index in [0.29, 0.717) is 11.1 Å². The number of ether oxygens (including phenoxy) is 1. The second-order valence-electron chi connectivity index (χ2n) is 5.38. The van der Waals surface area contributed by atoms with E-state index in [1.165, 1.54) is 0 Å². The summed E-state index contributed by atoms with van der Waals surface area (Å²) in [7, 11) is 0. The summed E-state index contributed by atoms with van der Waals surface area (Å²) in [6.45, 7) is 2.02. The van der Waals surface area contributed by atoms with Crippen LogP contribution in [0.25, 0.3) is 0 Å². The van der Waals surface area contributed by atoms with Crippen molar-refractivity contribution in [1.82, 2.24) is 4.90 Å². The molecule has 0 N–H and O–H groups in total. The van der Waals surface area contributed by atoms with Crippen LogP contribution in [0.4, 0.5) is 0 Å². The van der Waals surface area contributed by atoms with Gasteiger partial charge in [-0.2, -0.15) is 0 Å². The Kier molecular flexibility index (Phi) is 4.41. The van der Waals surface area contributed by atoms with Crippen LogP contribution in [0.3, 0.4) is 0 Å². The first-order valence-corrected chi connectivity index (χ1v) is 8.14. The quantitative estimate of drug-likeness (QED) is 0.789. The third kappa shape index (κ3) is 2.99. The van der Waals surface area contributed by atoms with E-state index in [1.807, 2.05) is 67.6 Å². The second kappa shape index (κ2) is 6.47. The number of amides is 1. The molecule has 1 heterocycles. The molecular formula is C18H17NO2Se. The van der Waals surface area contributed by atoms with Crippen molar-refractivity contribution >= 4 is 26.2 Å². The number of carbonyl (C=O) groups excluding carboxylic acids is 1. The van der Waals surface area contributed by atoms with Crippen molar-refractivity contribution in [2.24, 2.45) is 0 Å². The van der Waals surface area contributed by atoms with E-state index in [4.69, 9.17) is 4.74 Å².